The summed E-state index contributed by atoms with van der Waals surface area (Å²) >= 11 is 6.55. The summed E-state index contributed by atoms with van der Waals surface area (Å²) in [5.74, 6) is 2.82. The molecule has 5 nitrogen and oxygen atoms in total. The summed E-state index contributed by atoms with van der Waals surface area (Å²) in [6.07, 6.45) is 13.0. The first kappa shape index (κ1) is 25.7. The largest absolute Gasteiger partial charge is 0.396 e. The lowest BCUT2D eigenvalue weighted by Crippen LogP contribution is -2.37. The second-order valence-corrected chi connectivity index (χ2v) is 13.2. The molecule has 0 atom stereocenters. The fourth-order valence-corrected chi connectivity index (χ4v) is 8.61. The number of nitrogens with zero attached hydrogens (tertiary/aromatic N) is 3. The quantitative estimate of drug-likeness (QED) is 0.402. The predicted octanol–water partition coefficient (Wildman–Crippen LogP) is 6.58. The summed E-state index contributed by atoms with van der Waals surface area (Å²) in [5.41, 5.74) is 4.51. The van der Waals surface area contributed by atoms with Crippen molar-refractivity contribution in [3.63, 3.8) is 0 Å². The van der Waals surface area contributed by atoms with Crippen molar-refractivity contribution in [3.8, 4) is 5.69 Å². The average Bonchev–Trinajstić information content (AvgIpc) is 3.22. The fraction of sp³-hybridized carbons (Fsp3) is 0.576. The van der Waals surface area contributed by atoms with Crippen LogP contribution in [0.5, 0.6) is 0 Å². The van der Waals surface area contributed by atoms with Crippen molar-refractivity contribution in [3.05, 3.63) is 68.7 Å². The van der Waals surface area contributed by atoms with Crippen LogP contribution in [0.15, 0.2) is 41.2 Å². The number of halogens is 1. The lowest BCUT2D eigenvalue weighted by molar-refractivity contribution is 0.127. The summed E-state index contributed by atoms with van der Waals surface area (Å²) in [6.45, 7) is 3.90. The number of benzene rings is 2. The molecule has 1 aromatic heterocycles. The smallest absolute Gasteiger partial charge is 0.282 e. The van der Waals surface area contributed by atoms with Gasteiger partial charge in [0.15, 0.2) is 0 Å². The van der Waals surface area contributed by atoms with E-state index < -0.39 is 0 Å². The van der Waals surface area contributed by atoms with Gasteiger partial charge in [-0.1, -0.05) is 49.1 Å². The number of aliphatic hydroxyl groups excluding tert-OH is 1. The maximum absolute atomic E-state index is 13.2. The molecular formula is C33H40ClN3O2. The van der Waals surface area contributed by atoms with Crippen LogP contribution in [0, 0.1) is 11.8 Å². The number of hydrogen-bond donors (Lipinski definition) is 1. The maximum Gasteiger partial charge on any atom is 0.282 e. The molecule has 3 aromatic rings. The molecule has 39 heavy (non-hydrogen) atoms. The zero-order chi connectivity index (χ0) is 26.6. The van der Waals surface area contributed by atoms with Crippen LogP contribution in [0.4, 0.5) is 0 Å². The average molecular weight is 546 g/mol. The molecule has 2 aliphatic heterocycles. The highest BCUT2D eigenvalue weighted by atomic mass is 35.5. The van der Waals surface area contributed by atoms with Gasteiger partial charge in [-0.3, -0.25) is 9.36 Å². The molecule has 0 unspecified atom stereocenters. The van der Waals surface area contributed by atoms with Gasteiger partial charge in [-0.05, 0) is 112 Å². The fourth-order valence-electron chi connectivity index (χ4n) is 8.36. The van der Waals surface area contributed by atoms with E-state index in [1.165, 1.54) is 81.1 Å². The van der Waals surface area contributed by atoms with Crippen molar-refractivity contribution < 1.29 is 5.11 Å². The summed E-state index contributed by atoms with van der Waals surface area (Å²) in [7, 11) is 0. The minimum Gasteiger partial charge on any atom is -0.396 e. The van der Waals surface area contributed by atoms with Gasteiger partial charge >= 0.3 is 0 Å². The second kappa shape index (κ2) is 10.3. The van der Waals surface area contributed by atoms with E-state index in [-0.39, 0.29) is 11.0 Å². The van der Waals surface area contributed by atoms with Crippen LogP contribution in [0.2, 0.25) is 5.02 Å². The Kier molecular flexibility index (Phi) is 6.81. The van der Waals surface area contributed by atoms with Crippen LogP contribution < -0.4 is 5.56 Å². The Morgan fingerprint density at radius 1 is 0.949 bits per heavy atom. The minimum atomic E-state index is -0.197. The third-order valence-corrected chi connectivity index (χ3v) is 10.9. The van der Waals surface area contributed by atoms with Gasteiger partial charge in [0, 0.05) is 13.2 Å². The van der Waals surface area contributed by atoms with E-state index in [2.05, 4.69) is 27.7 Å². The van der Waals surface area contributed by atoms with Crippen LogP contribution in [0.25, 0.3) is 16.6 Å². The number of piperidine rings is 1. The highest BCUT2D eigenvalue weighted by Crippen LogP contribution is 2.52. The van der Waals surface area contributed by atoms with E-state index >= 15 is 0 Å². The Labute approximate surface area is 236 Å². The Hall–Kier alpha value is -2.21. The first-order valence-electron chi connectivity index (χ1n) is 15.3. The first-order valence-corrected chi connectivity index (χ1v) is 15.6. The molecule has 206 valence electrons. The van der Waals surface area contributed by atoms with Crippen molar-refractivity contribution >= 4 is 22.5 Å². The lowest BCUT2D eigenvalue weighted by atomic mass is 9.69. The van der Waals surface area contributed by atoms with Crippen molar-refractivity contribution in [2.45, 2.75) is 82.0 Å². The Morgan fingerprint density at radius 2 is 1.69 bits per heavy atom. The second-order valence-electron chi connectivity index (χ2n) is 12.8. The van der Waals surface area contributed by atoms with E-state index in [0.29, 0.717) is 28.9 Å². The van der Waals surface area contributed by atoms with Gasteiger partial charge in [0.05, 0.1) is 27.0 Å². The van der Waals surface area contributed by atoms with Crippen LogP contribution in [0.1, 0.15) is 93.5 Å². The summed E-state index contributed by atoms with van der Waals surface area (Å²) in [5, 5.41) is 10.5. The maximum atomic E-state index is 13.2. The number of rotatable bonds is 4. The molecular weight excluding hydrogens is 506 g/mol. The normalized spacial score (nSPS) is 25.2. The zero-order valence-electron chi connectivity index (χ0n) is 22.9. The van der Waals surface area contributed by atoms with Gasteiger partial charge in [0.25, 0.3) is 5.56 Å². The molecule has 1 spiro atoms. The molecule has 7 rings (SSSR count). The van der Waals surface area contributed by atoms with E-state index in [0.717, 1.165) is 43.2 Å². The van der Waals surface area contributed by atoms with Gasteiger partial charge in [0.2, 0.25) is 0 Å². The molecule has 0 radical (unpaired) electrons. The third-order valence-electron chi connectivity index (χ3n) is 10.6. The summed E-state index contributed by atoms with van der Waals surface area (Å²) in [4.78, 5) is 20.7. The topological polar surface area (TPSA) is 58.4 Å². The highest BCUT2D eigenvalue weighted by molar-refractivity contribution is 6.35. The van der Waals surface area contributed by atoms with Crippen molar-refractivity contribution in [1.82, 2.24) is 14.5 Å². The van der Waals surface area contributed by atoms with Gasteiger partial charge in [-0.15, -0.1) is 0 Å². The number of fused-ring (bicyclic) bond motifs is 7. The Morgan fingerprint density at radius 3 is 2.44 bits per heavy atom. The van der Waals surface area contributed by atoms with Gasteiger partial charge < -0.3 is 10.0 Å². The van der Waals surface area contributed by atoms with Gasteiger partial charge in [-0.25, -0.2) is 0 Å². The van der Waals surface area contributed by atoms with Crippen molar-refractivity contribution in [2.75, 3.05) is 26.2 Å². The number of aliphatic hydroxyl groups is 1. The van der Waals surface area contributed by atoms with Gasteiger partial charge in [-0.2, -0.15) is 4.98 Å². The number of likely N-dealkylation sites (tertiary alicyclic amines) is 1. The molecule has 0 amide bonds. The monoisotopic (exact) mass is 545 g/mol. The van der Waals surface area contributed by atoms with Crippen molar-refractivity contribution in [1.29, 1.82) is 0 Å². The molecule has 2 aromatic carbocycles. The predicted molar refractivity (Wildman–Crippen MR) is 157 cm³/mol. The molecule has 2 aliphatic carbocycles. The Balaban J connectivity index is 1.18. The zero-order valence-corrected chi connectivity index (χ0v) is 23.6. The molecule has 1 N–H and O–H groups in total. The molecule has 1 saturated heterocycles. The van der Waals surface area contributed by atoms with Crippen molar-refractivity contribution in [2.24, 2.45) is 11.8 Å². The highest BCUT2D eigenvalue weighted by Gasteiger charge is 2.46. The summed E-state index contributed by atoms with van der Waals surface area (Å²) in [6, 6.07) is 13.0. The molecule has 0 bridgehead atoms. The Bertz CT molecular complexity index is 1430. The molecule has 4 aliphatic rings. The molecule has 3 fully saturated rings. The van der Waals surface area contributed by atoms with E-state index in [1.807, 2.05) is 12.1 Å². The number of hydrogen-bond acceptors (Lipinski definition) is 4. The standard InChI is InChI=1S/C33H40ClN3O2/c34-27-5-4-6-28-30(27)31(39)35-32-33(15-2-1-3-16-33)26-12-11-25(19-29(26)37(28)32)24-13-17-36(18-14-24)20-22-7-9-23(21-38)10-8-22/h4-6,11-12,19,22-24,38H,1-3,7-10,13-18,20-21H2. The van der Waals surface area contributed by atoms with Crippen LogP contribution >= 0.6 is 11.6 Å². The SMILES string of the molecule is O=c1nc2n(c3cccc(Cl)c13)-c1cc(C3CCN(CC4CCC(CO)CC4)CC3)ccc1C21CCCCC1. The van der Waals surface area contributed by atoms with E-state index in [1.54, 1.807) is 6.07 Å². The van der Waals surface area contributed by atoms with Gasteiger partial charge in [0.1, 0.15) is 5.82 Å². The van der Waals surface area contributed by atoms with Crippen LogP contribution in [-0.4, -0.2) is 45.8 Å². The first-order chi connectivity index (χ1) is 19.1. The van der Waals surface area contributed by atoms with Crippen LogP contribution in [-0.2, 0) is 5.41 Å². The van der Waals surface area contributed by atoms with E-state index in [9.17, 15) is 9.90 Å². The molecule has 6 heteroatoms. The molecule has 3 heterocycles. The van der Waals surface area contributed by atoms with Crippen LogP contribution in [0.3, 0.4) is 0 Å². The molecule has 2 saturated carbocycles. The van der Waals surface area contributed by atoms with E-state index in [4.69, 9.17) is 16.6 Å². The lowest BCUT2D eigenvalue weighted by Gasteiger charge is -2.37. The number of aromatic nitrogens is 2. The minimum absolute atomic E-state index is 0.166. The summed E-state index contributed by atoms with van der Waals surface area (Å²) < 4.78 is 2.28. The third kappa shape index (κ3) is 4.36.